The number of thiocarbonyl (C=S) groups is 2. The average molecular weight is 227 g/mol. The number of hydrogen-bond donors (Lipinski definition) is 1. The lowest BCUT2D eigenvalue weighted by Gasteiger charge is -2.05. The van der Waals surface area contributed by atoms with E-state index in [9.17, 15) is 4.39 Å². The second-order valence-electron chi connectivity index (χ2n) is 2.72. The highest BCUT2D eigenvalue weighted by atomic mass is 32.1. The van der Waals surface area contributed by atoms with Crippen LogP contribution in [-0.4, -0.2) is 16.9 Å². The predicted molar refractivity (Wildman–Crippen MR) is 64.4 cm³/mol. The first-order chi connectivity index (χ1) is 6.74. The maximum atomic E-state index is 12.6. The molecule has 0 radical (unpaired) electrons. The lowest BCUT2D eigenvalue weighted by molar-refractivity contribution is 0.627. The van der Waals surface area contributed by atoms with Crippen molar-refractivity contribution >= 4 is 34.8 Å². The summed E-state index contributed by atoms with van der Waals surface area (Å²) in [6, 6.07) is 6.09. The summed E-state index contributed by atoms with van der Waals surface area (Å²) in [6.45, 7) is 0.722. The molecule has 1 nitrogen and oxygen atoms in total. The summed E-state index contributed by atoms with van der Waals surface area (Å²) in [7, 11) is 0. The van der Waals surface area contributed by atoms with Gasteiger partial charge in [0.15, 0.2) is 0 Å². The largest absolute Gasteiger partial charge is 0.375 e. The van der Waals surface area contributed by atoms with Crippen LogP contribution in [0.15, 0.2) is 24.3 Å². The Kier molecular flexibility index (Phi) is 4.62. The van der Waals surface area contributed by atoms with Crippen LogP contribution in [0.3, 0.4) is 0 Å². The Morgan fingerprint density at radius 2 is 2.00 bits per heavy atom. The molecule has 0 aromatic heterocycles. The second-order valence-corrected chi connectivity index (χ2v) is 3.46. The van der Waals surface area contributed by atoms with Crippen LogP contribution in [0.2, 0.25) is 0 Å². The fourth-order valence-corrected chi connectivity index (χ4v) is 1.30. The Balaban J connectivity index is 2.52. The molecule has 0 heterocycles. The van der Waals surface area contributed by atoms with E-state index in [0.29, 0.717) is 4.99 Å². The van der Waals surface area contributed by atoms with Gasteiger partial charge in [0, 0.05) is 12.1 Å². The van der Waals surface area contributed by atoms with Crippen LogP contribution >= 0.6 is 24.4 Å². The highest BCUT2D eigenvalue weighted by Gasteiger charge is 1.99. The topological polar surface area (TPSA) is 12.0 Å². The molecular weight excluding hydrogens is 217 g/mol. The lowest BCUT2D eigenvalue weighted by atomic mass is 10.2. The van der Waals surface area contributed by atoms with Gasteiger partial charge in [-0.2, -0.15) is 0 Å². The summed E-state index contributed by atoms with van der Waals surface area (Å²) < 4.78 is 12.6. The normalized spacial score (nSPS) is 9.50. The van der Waals surface area contributed by atoms with Crippen LogP contribution in [0, 0.1) is 5.82 Å². The molecule has 1 N–H and O–H groups in total. The molecule has 0 saturated heterocycles. The highest BCUT2D eigenvalue weighted by Crippen LogP contribution is 2.03. The first-order valence-corrected chi connectivity index (χ1v) is 5.09. The lowest BCUT2D eigenvalue weighted by Crippen LogP contribution is -2.23. The monoisotopic (exact) mass is 227 g/mol. The quantitative estimate of drug-likeness (QED) is 0.627. The van der Waals surface area contributed by atoms with Gasteiger partial charge in [-0.1, -0.05) is 24.4 Å². The molecular formula is C10H10FNS2. The number of halogens is 1. The number of nitrogens with one attached hydrogen (secondary N) is 1. The van der Waals surface area contributed by atoms with Gasteiger partial charge in [0.2, 0.25) is 0 Å². The van der Waals surface area contributed by atoms with Crippen molar-refractivity contribution < 1.29 is 4.39 Å². The summed E-state index contributed by atoms with van der Waals surface area (Å²) in [4.78, 5) is 0.627. The minimum Gasteiger partial charge on any atom is -0.375 e. The Labute approximate surface area is 93.3 Å². The van der Waals surface area contributed by atoms with Gasteiger partial charge >= 0.3 is 0 Å². The van der Waals surface area contributed by atoms with Gasteiger partial charge in [0.05, 0.1) is 0 Å². The van der Waals surface area contributed by atoms with E-state index < -0.39 is 0 Å². The second kappa shape index (κ2) is 5.78. The molecule has 0 fully saturated rings. The van der Waals surface area contributed by atoms with Crippen molar-refractivity contribution in [2.24, 2.45) is 0 Å². The van der Waals surface area contributed by atoms with E-state index in [1.54, 1.807) is 17.5 Å². The number of hydrogen-bond acceptors (Lipinski definition) is 2. The third-order valence-electron chi connectivity index (χ3n) is 1.65. The molecule has 0 unspecified atom stereocenters. The van der Waals surface area contributed by atoms with E-state index in [2.05, 4.69) is 17.5 Å². The first kappa shape index (κ1) is 11.2. The molecule has 14 heavy (non-hydrogen) atoms. The third kappa shape index (κ3) is 3.47. The maximum absolute atomic E-state index is 12.6. The van der Waals surface area contributed by atoms with Crippen LogP contribution in [-0.2, 0) is 0 Å². The van der Waals surface area contributed by atoms with Crippen molar-refractivity contribution in [3.63, 3.8) is 0 Å². The predicted octanol–water partition coefficient (Wildman–Crippen LogP) is 2.48. The standard InChI is InChI=1S/C10H10FNS2/c11-9-4-2-8(3-5-9)10(14)12-6-1-7-13/h2-5,7H,1,6H2,(H,12,14). The van der Waals surface area contributed by atoms with Gasteiger partial charge in [-0.3, -0.25) is 0 Å². The number of rotatable bonds is 4. The molecule has 4 heteroatoms. The van der Waals surface area contributed by atoms with Crippen molar-refractivity contribution in [2.45, 2.75) is 6.42 Å². The summed E-state index contributed by atoms with van der Waals surface area (Å²) in [5.74, 6) is -0.254. The molecule has 0 saturated carbocycles. The molecule has 0 spiro atoms. The molecule has 1 aromatic rings. The zero-order valence-corrected chi connectivity index (χ0v) is 9.13. The van der Waals surface area contributed by atoms with Gasteiger partial charge in [0.25, 0.3) is 0 Å². The van der Waals surface area contributed by atoms with Gasteiger partial charge in [-0.15, -0.1) is 0 Å². The summed E-state index contributed by atoms with van der Waals surface area (Å²) in [5.41, 5.74) is 0.825. The van der Waals surface area contributed by atoms with Crippen molar-refractivity contribution in [3.05, 3.63) is 35.6 Å². The minimum absolute atomic E-state index is 0.254. The fourth-order valence-electron chi connectivity index (χ4n) is 0.948. The molecule has 74 valence electrons. The van der Waals surface area contributed by atoms with Gasteiger partial charge < -0.3 is 5.32 Å². The molecule has 1 aromatic carbocycles. The third-order valence-corrected chi connectivity index (χ3v) is 2.27. The Morgan fingerprint density at radius 3 is 2.57 bits per heavy atom. The van der Waals surface area contributed by atoms with E-state index in [4.69, 9.17) is 12.2 Å². The molecule has 0 amide bonds. The van der Waals surface area contributed by atoms with Gasteiger partial charge in [0.1, 0.15) is 10.8 Å². The molecule has 0 atom stereocenters. The minimum atomic E-state index is -0.254. The van der Waals surface area contributed by atoms with Crippen molar-refractivity contribution in [2.75, 3.05) is 6.54 Å². The SMILES string of the molecule is Fc1ccc(C(=S)NCCC=S)cc1. The van der Waals surface area contributed by atoms with Gasteiger partial charge in [-0.05, 0) is 36.1 Å². The zero-order valence-electron chi connectivity index (χ0n) is 7.50. The van der Waals surface area contributed by atoms with Crippen molar-refractivity contribution in [1.82, 2.24) is 5.32 Å². The van der Waals surface area contributed by atoms with Crippen LogP contribution in [0.25, 0.3) is 0 Å². The summed E-state index contributed by atoms with van der Waals surface area (Å²) in [5, 5.41) is 4.68. The van der Waals surface area contributed by atoms with Crippen molar-refractivity contribution in [3.8, 4) is 0 Å². The van der Waals surface area contributed by atoms with E-state index in [0.717, 1.165) is 18.5 Å². The molecule has 0 aliphatic heterocycles. The van der Waals surface area contributed by atoms with Crippen LogP contribution in [0.1, 0.15) is 12.0 Å². The summed E-state index contributed by atoms with van der Waals surface area (Å²) in [6.07, 6.45) is 0.788. The smallest absolute Gasteiger partial charge is 0.123 e. The van der Waals surface area contributed by atoms with E-state index in [-0.39, 0.29) is 5.82 Å². The fraction of sp³-hybridized carbons (Fsp3) is 0.200. The highest BCUT2D eigenvalue weighted by molar-refractivity contribution is 7.80. The van der Waals surface area contributed by atoms with E-state index >= 15 is 0 Å². The zero-order chi connectivity index (χ0) is 10.4. The van der Waals surface area contributed by atoms with Crippen molar-refractivity contribution in [1.29, 1.82) is 0 Å². The molecule has 0 aliphatic carbocycles. The van der Waals surface area contributed by atoms with Gasteiger partial charge in [-0.25, -0.2) is 4.39 Å². The Morgan fingerprint density at radius 1 is 1.36 bits per heavy atom. The Hall–Kier alpha value is -0.870. The van der Waals surface area contributed by atoms with E-state index in [1.807, 2.05) is 0 Å². The van der Waals surface area contributed by atoms with E-state index in [1.165, 1.54) is 12.1 Å². The molecule has 1 rings (SSSR count). The Bertz CT molecular complexity index is 321. The maximum Gasteiger partial charge on any atom is 0.123 e. The first-order valence-electron chi connectivity index (χ1n) is 4.21. The van der Waals surface area contributed by atoms with Crippen LogP contribution < -0.4 is 5.32 Å². The van der Waals surface area contributed by atoms with Crippen LogP contribution in [0.5, 0.6) is 0 Å². The number of benzene rings is 1. The average Bonchev–Trinajstić information content (AvgIpc) is 2.19. The molecule has 0 aliphatic rings. The molecule has 0 bridgehead atoms. The van der Waals surface area contributed by atoms with Crippen LogP contribution in [0.4, 0.5) is 4.39 Å². The summed E-state index contributed by atoms with van der Waals surface area (Å²) >= 11 is 9.78.